The Kier molecular flexibility index (Phi) is 4.25. The molecule has 1 aromatic carbocycles. The third-order valence-corrected chi connectivity index (χ3v) is 4.71. The Morgan fingerprint density at radius 2 is 2.05 bits per heavy atom. The van der Waals surface area contributed by atoms with Crippen molar-refractivity contribution < 1.29 is 0 Å². The number of aromatic nitrogens is 2. The molecule has 2 nitrogen and oxygen atoms in total. The lowest BCUT2D eigenvalue weighted by molar-refractivity contribution is 0.420. The summed E-state index contributed by atoms with van der Waals surface area (Å²) in [5, 5.41) is 0.581. The summed E-state index contributed by atoms with van der Waals surface area (Å²) in [6, 6.07) is 8.78. The number of nitrogens with zero attached hydrogens (tertiary/aromatic N) is 2. The minimum absolute atomic E-state index is 0.581. The topological polar surface area (TPSA) is 25.8 Å². The average Bonchev–Trinajstić information content (AvgIpc) is 2.41. The number of hydrogen-bond acceptors (Lipinski definition) is 2. The molecule has 1 aromatic heterocycles. The number of rotatable bonds is 4. The molecule has 0 radical (unpaired) electrons. The molecule has 0 bridgehead atoms. The van der Waals surface area contributed by atoms with Crippen LogP contribution in [0.1, 0.15) is 55.5 Å². The molecular formula is C18H21ClN2. The van der Waals surface area contributed by atoms with E-state index in [0.29, 0.717) is 5.15 Å². The van der Waals surface area contributed by atoms with E-state index in [0.717, 1.165) is 35.8 Å². The second kappa shape index (κ2) is 6.15. The van der Waals surface area contributed by atoms with Gasteiger partial charge in [0, 0.05) is 17.5 Å². The van der Waals surface area contributed by atoms with Gasteiger partial charge in [-0.25, -0.2) is 9.97 Å². The quantitative estimate of drug-likeness (QED) is 0.714. The minimum atomic E-state index is 0.581. The molecule has 110 valence electrons. The fourth-order valence-corrected chi connectivity index (χ4v) is 3.02. The summed E-state index contributed by atoms with van der Waals surface area (Å²) in [5.41, 5.74) is 4.56. The normalized spacial score (nSPS) is 15.0. The molecule has 0 spiro atoms. The van der Waals surface area contributed by atoms with Crippen molar-refractivity contribution in [2.45, 2.75) is 51.9 Å². The summed E-state index contributed by atoms with van der Waals surface area (Å²) in [7, 11) is 0. The van der Waals surface area contributed by atoms with Gasteiger partial charge in [0.2, 0.25) is 0 Å². The molecule has 1 fully saturated rings. The molecule has 0 unspecified atom stereocenters. The lowest BCUT2D eigenvalue weighted by Crippen LogP contribution is -2.08. The second-order valence-corrected chi connectivity index (χ2v) is 6.27. The van der Waals surface area contributed by atoms with Crippen LogP contribution in [0.2, 0.25) is 5.15 Å². The van der Waals surface area contributed by atoms with E-state index in [1.807, 2.05) is 6.92 Å². The monoisotopic (exact) mass is 300 g/mol. The van der Waals surface area contributed by atoms with E-state index in [-0.39, 0.29) is 0 Å². The maximum Gasteiger partial charge on any atom is 0.136 e. The first kappa shape index (κ1) is 14.5. The highest BCUT2D eigenvalue weighted by Gasteiger charge is 2.20. The zero-order valence-electron chi connectivity index (χ0n) is 12.7. The average molecular weight is 301 g/mol. The summed E-state index contributed by atoms with van der Waals surface area (Å²) < 4.78 is 0. The van der Waals surface area contributed by atoms with Crippen molar-refractivity contribution >= 4 is 11.6 Å². The molecule has 0 saturated heterocycles. The van der Waals surface area contributed by atoms with E-state index in [1.165, 1.54) is 30.4 Å². The molecule has 1 heterocycles. The highest BCUT2D eigenvalue weighted by molar-refractivity contribution is 6.30. The van der Waals surface area contributed by atoms with Gasteiger partial charge in [-0.1, -0.05) is 43.1 Å². The van der Waals surface area contributed by atoms with E-state index in [2.05, 4.69) is 36.2 Å². The standard InChI is InChI=1S/C18H21ClN2/c1-3-6-16-20-17(12(2)18(19)21-16)15-10-5-9-14(11-15)13-7-4-8-13/h5,9-11,13H,3-4,6-8H2,1-2H3. The summed E-state index contributed by atoms with van der Waals surface area (Å²) in [5.74, 6) is 1.58. The van der Waals surface area contributed by atoms with Gasteiger partial charge in [-0.05, 0) is 43.7 Å². The van der Waals surface area contributed by atoms with Gasteiger partial charge in [-0.3, -0.25) is 0 Å². The Bertz CT molecular complexity index is 648. The molecule has 1 aliphatic rings. The van der Waals surface area contributed by atoms with Crippen LogP contribution in [0.4, 0.5) is 0 Å². The van der Waals surface area contributed by atoms with Gasteiger partial charge in [0.15, 0.2) is 0 Å². The molecule has 2 aromatic rings. The lowest BCUT2D eigenvalue weighted by atomic mass is 9.79. The van der Waals surface area contributed by atoms with Gasteiger partial charge in [-0.2, -0.15) is 0 Å². The SMILES string of the molecule is CCCc1nc(Cl)c(C)c(-c2cccc(C3CCC3)c2)n1. The summed E-state index contributed by atoms with van der Waals surface area (Å²) in [4.78, 5) is 9.13. The van der Waals surface area contributed by atoms with E-state index < -0.39 is 0 Å². The fraction of sp³-hybridized carbons (Fsp3) is 0.444. The molecule has 3 rings (SSSR count). The zero-order valence-corrected chi connectivity index (χ0v) is 13.5. The molecule has 21 heavy (non-hydrogen) atoms. The largest absolute Gasteiger partial charge is 0.233 e. The maximum absolute atomic E-state index is 6.29. The van der Waals surface area contributed by atoms with Gasteiger partial charge >= 0.3 is 0 Å². The predicted molar refractivity (Wildman–Crippen MR) is 87.8 cm³/mol. The minimum Gasteiger partial charge on any atom is -0.233 e. The van der Waals surface area contributed by atoms with Crippen LogP contribution < -0.4 is 0 Å². The molecule has 0 atom stereocenters. The van der Waals surface area contributed by atoms with Gasteiger partial charge in [0.25, 0.3) is 0 Å². The van der Waals surface area contributed by atoms with Crippen molar-refractivity contribution in [1.29, 1.82) is 0 Å². The van der Waals surface area contributed by atoms with Crippen LogP contribution in [-0.2, 0) is 6.42 Å². The van der Waals surface area contributed by atoms with E-state index in [4.69, 9.17) is 16.6 Å². The predicted octanol–water partition coefficient (Wildman–Crippen LogP) is 5.33. The second-order valence-electron chi connectivity index (χ2n) is 5.91. The maximum atomic E-state index is 6.29. The van der Waals surface area contributed by atoms with Crippen LogP contribution in [0.3, 0.4) is 0 Å². The number of aryl methyl sites for hydroxylation is 1. The van der Waals surface area contributed by atoms with Crippen molar-refractivity contribution in [3.05, 3.63) is 46.4 Å². The zero-order chi connectivity index (χ0) is 14.8. The third-order valence-electron chi connectivity index (χ3n) is 4.34. The molecule has 1 aliphatic carbocycles. The van der Waals surface area contributed by atoms with Gasteiger partial charge in [-0.15, -0.1) is 0 Å². The van der Waals surface area contributed by atoms with E-state index >= 15 is 0 Å². The Labute approximate surface area is 131 Å². The van der Waals surface area contributed by atoms with Crippen molar-refractivity contribution in [2.75, 3.05) is 0 Å². The Morgan fingerprint density at radius 3 is 2.71 bits per heavy atom. The van der Waals surface area contributed by atoms with Gasteiger partial charge in [0.1, 0.15) is 11.0 Å². The highest BCUT2D eigenvalue weighted by atomic mass is 35.5. The first-order valence-electron chi connectivity index (χ1n) is 7.82. The van der Waals surface area contributed by atoms with Crippen LogP contribution in [0.5, 0.6) is 0 Å². The van der Waals surface area contributed by atoms with Crippen molar-refractivity contribution in [3.8, 4) is 11.3 Å². The Morgan fingerprint density at radius 1 is 1.24 bits per heavy atom. The van der Waals surface area contributed by atoms with Crippen molar-refractivity contribution in [1.82, 2.24) is 9.97 Å². The van der Waals surface area contributed by atoms with Gasteiger partial charge in [0.05, 0.1) is 5.69 Å². The number of benzene rings is 1. The van der Waals surface area contributed by atoms with Gasteiger partial charge < -0.3 is 0 Å². The van der Waals surface area contributed by atoms with Crippen LogP contribution in [-0.4, -0.2) is 9.97 Å². The first-order chi connectivity index (χ1) is 10.2. The summed E-state index contributed by atoms with van der Waals surface area (Å²) in [6.45, 7) is 4.14. The van der Waals surface area contributed by atoms with Crippen LogP contribution in [0.15, 0.2) is 24.3 Å². The van der Waals surface area contributed by atoms with E-state index in [1.54, 1.807) is 0 Å². The molecular weight excluding hydrogens is 280 g/mol. The van der Waals surface area contributed by atoms with Crippen molar-refractivity contribution in [3.63, 3.8) is 0 Å². The number of hydrogen-bond donors (Lipinski definition) is 0. The lowest BCUT2D eigenvalue weighted by Gasteiger charge is -2.26. The Balaban J connectivity index is 2.02. The highest BCUT2D eigenvalue weighted by Crippen LogP contribution is 2.38. The smallest absolute Gasteiger partial charge is 0.136 e. The Hall–Kier alpha value is -1.41. The number of halogens is 1. The van der Waals surface area contributed by atoms with Crippen LogP contribution in [0.25, 0.3) is 11.3 Å². The first-order valence-corrected chi connectivity index (χ1v) is 8.20. The fourth-order valence-electron chi connectivity index (χ4n) is 2.83. The molecule has 3 heteroatoms. The van der Waals surface area contributed by atoms with Crippen LogP contribution >= 0.6 is 11.6 Å². The summed E-state index contributed by atoms with van der Waals surface area (Å²) >= 11 is 6.29. The van der Waals surface area contributed by atoms with Crippen LogP contribution in [0, 0.1) is 6.92 Å². The van der Waals surface area contributed by atoms with E-state index in [9.17, 15) is 0 Å². The molecule has 0 N–H and O–H groups in total. The summed E-state index contributed by atoms with van der Waals surface area (Å²) in [6.07, 6.45) is 5.88. The molecule has 0 amide bonds. The molecule has 1 saturated carbocycles. The van der Waals surface area contributed by atoms with Crippen molar-refractivity contribution in [2.24, 2.45) is 0 Å². The molecule has 0 aliphatic heterocycles. The third kappa shape index (κ3) is 2.96.